The van der Waals surface area contributed by atoms with E-state index in [9.17, 15) is 0 Å². The second kappa shape index (κ2) is 13.4. The molecule has 2 saturated carbocycles. The molecule has 0 bridgehead atoms. The third kappa shape index (κ3) is 6.75. The Kier molecular flexibility index (Phi) is 16.7. The summed E-state index contributed by atoms with van der Waals surface area (Å²) in [6.07, 6.45) is 0. The van der Waals surface area contributed by atoms with Crippen LogP contribution < -0.4 is 24.0 Å². The van der Waals surface area contributed by atoms with Crippen molar-refractivity contribution in [2.75, 3.05) is 0 Å². The summed E-state index contributed by atoms with van der Waals surface area (Å²) >= 11 is 0.333. The standard InChI is InChI=1S/2C10H15.CH3.HI.O.W/c2*1-6-7(2)9(4)10(5)8(6)3;;;;/h2*1-5H3;1H3;1H;;/q;;-1;;;/p-1. The SMILES string of the molecule is C[C]1[C](C)[C](C)[C](C)[C]1C.C[C]1[C](C)[C](C)[C](C)[C]1C.[CH3-].[I-].[O]=[W]. The van der Waals surface area contributed by atoms with Crippen molar-refractivity contribution >= 4 is 0 Å². The predicted molar refractivity (Wildman–Crippen MR) is 96.3 cm³/mol. The van der Waals surface area contributed by atoms with Gasteiger partial charge < -0.3 is 31.4 Å². The first-order valence-electron chi connectivity index (χ1n) is 7.67. The second-order valence-corrected chi connectivity index (χ2v) is 6.25. The summed E-state index contributed by atoms with van der Waals surface area (Å²) in [6, 6.07) is 0. The molecule has 2 fully saturated rings. The maximum atomic E-state index is 8.33. The van der Waals surface area contributed by atoms with Gasteiger partial charge in [-0.3, -0.25) is 0 Å². The van der Waals surface area contributed by atoms with E-state index in [0.717, 1.165) is 0 Å². The first-order chi connectivity index (χ1) is 10.1. The Labute approximate surface area is 182 Å². The molecule has 0 aliphatic heterocycles. The molecule has 0 unspecified atom stereocenters. The monoisotopic (exact) mass is 612 g/mol. The van der Waals surface area contributed by atoms with Gasteiger partial charge in [0.15, 0.2) is 0 Å². The van der Waals surface area contributed by atoms with Crippen LogP contribution >= 0.6 is 0 Å². The summed E-state index contributed by atoms with van der Waals surface area (Å²) in [5.41, 5.74) is 0. The molecule has 2 rings (SSSR count). The van der Waals surface area contributed by atoms with Crippen LogP contribution in [0.1, 0.15) is 69.2 Å². The fraction of sp³-hybridized carbons (Fsp3) is 0.476. The summed E-state index contributed by atoms with van der Waals surface area (Å²) in [5.74, 6) is 14.7. The van der Waals surface area contributed by atoms with Crippen molar-refractivity contribution in [3.63, 3.8) is 0 Å². The maximum absolute atomic E-state index is 8.33. The Morgan fingerprint density at radius 2 is 0.417 bits per heavy atom. The van der Waals surface area contributed by atoms with E-state index < -0.39 is 0 Å². The van der Waals surface area contributed by atoms with Crippen molar-refractivity contribution in [3.8, 4) is 0 Å². The van der Waals surface area contributed by atoms with Gasteiger partial charge in [0.25, 0.3) is 0 Å². The van der Waals surface area contributed by atoms with Gasteiger partial charge in [0.1, 0.15) is 0 Å². The predicted octanol–water partition coefficient (Wildman–Crippen LogP) is 3.28. The Morgan fingerprint density at radius 1 is 0.375 bits per heavy atom. The van der Waals surface area contributed by atoms with Crippen LogP contribution in [0.5, 0.6) is 0 Å². The van der Waals surface area contributed by atoms with E-state index in [1.807, 2.05) is 0 Å². The summed E-state index contributed by atoms with van der Waals surface area (Å²) in [7, 11) is 0. The molecule has 138 valence electrons. The van der Waals surface area contributed by atoms with Crippen LogP contribution in [0.2, 0.25) is 0 Å². The minimum absolute atomic E-state index is 0. The molecule has 0 aromatic rings. The molecular weight excluding hydrogens is 579 g/mol. The van der Waals surface area contributed by atoms with Gasteiger partial charge in [-0.15, -0.1) is 0 Å². The van der Waals surface area contributed by atoms with E-state index in [-0.39, 0.29) is 31.4 Å². The van der Waals surface area contributed by atoms with E-state index >= 15 is 0 Å². The number of hydrogen-bond donors (Lipinski definition) is 0. The molecule has 0 aromatic carbocycles. The summed E-state index contributed by atoms with van der Waals surface area (Å²) in [5, 5.41) is 0. The van der Waals surface area contributed by atoms with Gasteiger partial charge in [-0.1, -0.05) is 69.2 Å². The van der Waals surface area contributed by atoms with Crippen LogP contribution in [-0.2, 0) is 23.2 Å². The molecule has 0 amide bonds. The van der Waals surface area contributed by atoms with Crippen LogP contribution in [-0.4, -0.2) is 0 Å². The van der Waals surface area contributed by atoms with Crippen LogP contribution in [0.3, 0.4) is 0 Å². The molecule has 0 heterocycles. The molecule has 3 heteroatoms. The molecular formula is C21H33IOW-2. The van der Waals surface area contributed by atoms with Crippen LogP contribution in [0.15, 0.2) is 0 Å². The molecule has 2 aliphatic rings. The van der Waals surface area contributed by atoms with Gasteiger partial charge in [0, 0.05) is 0 Å². The van der Waals surface area contributed by atoms with Crippen molar-refractivity contribution < 1.29 is 47.2 Å². The topological polar surface area (TPSA) is 17.1 Å². The fourth-order valence-corrected chi connectivity index (χ4v) is 2.81. The zero-order valence-corrected chi connectivity index (χ0v) is 22.3. The Hall–Kier alpha value is 1.22. The zero-order chi connectivity index (χ0) is 17.8. The second-order valence-electron chi connectivity index (χ2n) is 6.25. The Bertz CT molecular complexity index is 205. The molecule has 0 aromatic heterocycles. The molecule has 0 atom stereocenters. The third-order valence-corrected chi connectivity index (χ3v) is 5.62. The van der Waals surface area contributed by atoms with Crippen LogP contribution in [0.25, 0.3) is 0 Å². The molecule has 0 N–H and O–H groups in total. The van der Waals surface area contributed by atoms with Gasteiger partial charge >= 0.3 is 23.2 Å². The normalized spacial score (nSPS) is 23.9. The molecule has 24 heavy (non-hydrogen) atoms. The van der Waals surface area contributed by atoms with Crippen molar-refractivity contribution in [2.45, 2.75) is 69.2 Å². The van der Waals surface area contributed by atoms with Gasteiger partial charge in [0.05, 0.1) is 0 Å². The quantitative estimate of drug-likeness (QED) is 0.304. The van der Waals surface area contributed by atoms with E-state index in [4.69, 9.17) is 3.40 Å². The zero-order valence-electron chi connectivity index (χ0n) is 17.2. The number of halogens is 1. The molecule has 0 saturated heterocycles. The summed E-state index contributed by atoms with van der Waals surface area (Å²) < 4.78 is 8.33. The van der Waals surface area contributed by atoms with E-state index in [0.29, 0.717) is 19.8 Å². The van der Waals surface area contributed by atoms with Crippen molar-refractivity contribution in [1.29, 1.82) is 0 Å². The fourth-order valence-electron chi connectivity index (χ4n) is 2.81. The molecule has 2 aliphatic carbocycles. The van der Waals surface area contributed by atoms with E-state index in [1.54, 1.807) is 0 Å². The Morgan fingerprint density at radius 3 is 0.458 bits per heavy atom. The minimum atomic E-state index is 0. The Balaban J connectivity index is -0.000000310. The first-order valence-corrected chi connectivity index (χ1v) is 8.86. The number of rotatable bonds is 0. The van der Waals surface area contributed by atoms with Crippen molar-refractivity contribution in [1.82, 2.24) is 0 Å². The molecule has 10 radical (unpaired) electrons. The van der Waals surface area contributed by atoms with E-state index in [2.05, 4.69) is 69.2 Å². The summed E-state index contributed by atoms with van der Waals surface area (Å²) in [6.45, 7) is 22.0. The third-order valence-electron chi connectivity index (χ3n) is 5.62. The van der Waals surface area contributed by atoms with Gasteiger partial charge in [-0.25, -0.2) is 0 Å². The molecule has 1 nitrogen and oxygen atoms in total. The summed E-state index contributed by atoms with van der Waals surface area (Å²) in [4.78, 5) is 0. The van der Waals surface area contributed by atoms with E-state index in [1.165, 1.54) is 59.2 Å². The average Bonchev–Trinajstić information content (AvgIpc) is 2.81. The van der Waals surface area contributed by atoms with Crippen LogP contribution in [0.4, 0.5) is 0 Å². The van der Waals surface area contributed by atoms with Gasteiger partial charge in [0.2, 0.25) is 0 Å². The molecule has 0 spiro atoms. The first kappa shape index (κ1) is 30.0. The average molecular weight is 612 g/mol. The van der Waals surface area contributed by atoms with Gasteiger partial charge in [-0.05, 0) is 59.2 Å². The van der Waals surface area contributed by atoms with Gasteiger partial charge in [-0.2, -0.15) is 0 Å². The van der Waals surface area contributed by atoms with Crippen molar-refractivity contribution in [3.05, 3.63) is 66.6 Å². The number of hydrogen-bond acceptors (Lipinski definition) is 1. The van der Waals surface area contributed by atoms with Crippen molar-refractivity contribution in [2.24, 2.45) is 0 Å². The van der Waals surface area contributed by atoms with Crippen LogP contribution in [0, 0.1) is 66.6 Å².